The summed E-state index contributed by atoms with van der Waals surface area (Å²) in [5, 5.41) is 13.1. The van der Waals surface area contributed by atoms with E-state index in [4.69, 9.17) is 4.74 Å². The fourth-order valence-corrected chi connectivity index (χ4v) is 3.27. The van der Waals surface area contributed by atoms with Crippen molar-refractivity contribution in [3.63, 3.8) is 0 Å². The van der Waals surface area contributed by atoms with Crippen molar-refractivity contribution >= 4 is 29.3 Å². The van der Waals surface area contributed by atoms with E-state index in [0.717, 1.165) is 48.2 Å². The molecule has 1 aliphatic heterocycles. The summed E-state index contributed by atoms with van der Waals surface area (Å²) in [5.74, 6) is 0.536. The summed E-state index contributed by atoms with van der Waals surface area (Å²) in [6.45, 7) is 6.15. The van der Waals surface area contributed by atoms with Gasteiger partial charge in [0.15, 0.2) is 0 Å². The van der Waals surface area contributed by atoms with Crippen molar-refractivity contribution in [1.82, 2.24) is 4.98 Å². The number of ether oxygens (including phenoxy) is 1. The van der Waals surface area contributed by atoms with Crippen LogP contribution in [0.3, 0.4) is 0 Å². The zero-order valence-corrected chi connectivity index (χ0v) is 17.8. The van der Waals surface area contributed by atoms with Gasteiger partial charge in [0.1, 0.15) is 5.75 Å². The summed E-state index contributed by atoms with van der Waals surface area (Å²) in [6.07, 6.45) is 10.8. The molecule has 0 saturated carbocycles. The summed E-state index contributed by atoms with van der Waals surface area (Å²) >= 11 is 0. The molecule has 0 radical (unpaired) electrons. The van der Waals surface area contributed by atoms with Crippen LogP contribution in [0.25, 0.3) is 17.7 Å². The van der Waals surface area contributed by atoms with Crippen LogP contribution in [0.1, 0.15) is 63.3 Å². The predicted molar refractivity (Wildman–Crippen MR) is 121 cm³/mol. The van der Waals surface area contributed by atoms with Crippen molar-refractivity contribution in [2.24, 2.45) is 0 Å². The number of carbonyl (C=O) groups excluding carboxylic acids is 1. The van der Waals surface area contributed by atoms with Crippen LogP contribution in [0.4, 0.5) is 5.69 Å². The third-order valence-corrected chi connectivity index (χ3v) is 4.71. The molecule has 1 aromatic heterocycles. The maximum absolute atomic E-state index is 12.5. The Morgan fingerprint density at radius 3 is 2.72 bits per heavy atom. The van der Waals surface area contributed by atoms with Crippen LogP contribution in [0, 0.1) is 0 Å². The third-order valence-electron chi connectivity index (χ3n) is 4.71. The lowest BCUT2D eigenvalue weighted by molar-refractivity contribution is -0.110. The van der Waals surface area contributed by atoms with Crippen LogP contribution < -0.4 is 10.1 Å². The highest BCUT2D eigenvalue weighted by Gasteiger charge is 2.26. The van der Waals surface area contributed by atoms with Crippen LogP contribution in [0.2, 0.25) is 0 Å². The van der Waals surface area contributed by atoms with Gasteiger partial charge in [-0.25, -0.2) is 0 Å². The summed E-state index contributed by atoms with van der Waals surface area (Å²) < 4.78 is 5.32. The van der Waals surface area contributed by atoms with E-state index in [-0.39, 0.29) is 5.91 Å². The molecule has 0 fully saturated rings. The predicted octanol–water partition coefficient (Wildman–Crippen LogP) is 5.50. The number of aromatic nitrogens is 1. The Bertz CT molecular complexity index is 865. The molecule has 1 unspecified atom stereocenters. The molecule has 2 aromatic rings. The van der Waals surface area contributed by atoms with Crippen LogP contribution >= 0.6 is 0 Å². The van der Waals surface area contributed by atoms with Gasteiger partial charge in [-0.05, 0) is 30.2 Å². The Hall–Kier alpha value is -2.79. The van der Waals surface area contributed by atoms with Gasteiger partial charge in [-0.3, -0.25) is 4.79 Å². The molecule has 1 atom stereocenters. The lowest BCUT2D eigenvalue weighted by atomic mass is 9.98. The molecule has 156 valence electrons. The Kier molecular flexibility index (Phi) is 8.74. The number of hydrogen-bond acceptors (Lipinski definition) is 3. The van der Waals surface area contributed by atoms with E-state index in [1.165, 1.54) is 0 Å². The Balaban J connectivity index is 0.00000145. The second-order valence-corrected chi connectivity index (χ2v) is 6.66. The van der Waals surface area contributed by atoms with Crippen molar-refractivity contribution in [3.8, 4) is 5.75 Å². The molecular weight excluding hydrogens is 364 g/mol. The molecule has 2 heterocycles. The zero-order chi connectivity index (χ0) is 21.2. The number of methoxy groups -OCH3 is 1. The molecule has 0 bridgehead atoms. The van der Waals surface area contributed by atoms with E-state index in [1.54, 1.807) is 25.5 Å². The summed E-state index contributed by atoms with van der Waals surface area (Å²) in [4.78, 5) is 15.6. The molecule has 3 N–H and O–H groups in total. The molecule has 0 spiro atoms. The molecule has 1 amide bonds. The first-order valence-electron chi connectivity index (χ1n) is 10.4. The standard InChI is InChI=1S/C22H26N2O3.C2H6/c1-3-4-5-8-16(25)11-10-15-7-6-9-18-21(15)17(22(26)24-18)14-19-20(27-2)12-13-23-19;1-2/h6-7,9-14,16,23,25H,3-5,8H2,1-2H3,(H,24,26);1-2H3/b11-10?,17-14-;. The second kappa shape index (κ2) is 11.3. The first-order chi connectivity index (χ1) is 14.1. The number of H-pyrrole nitrogens is 1. The highest BCUT2D eigenvalue weighted by Crippen LogP contribution is 2.37. The molecular formula is C24H32N2O3. The minimum absolute atomic E-state index is 0.147. The van der Waals surface area contributed by atoms with Gasteiger partial charge >= 0.3 is 0 Å². The molecule has 0 saturated heterocycles. The fourth-order valence-electron chi connectivity index (χ4n) is 3.27. The largest absolute Gasteiger partial charge is 0.495 e. The van der Waals surface area contributed by atoms with Gasteiger partial charge in [0, 0.05) is 17.4 Å². The molecule has 5 nitrogen and oxygen atoms in total. The number of benzene rings is 1. The van der Waals surface area contributed by atoms with Gasteiger partial charge in [-0.2, -0.15) is 0 Å². The van der Waals surface area contributed by atoms with Gasteiger partial charge in [0.25, 0.3) is 5.91 Å². The summed E-state index contributed by atoms with van der Waals surface area (Å²) in [6, 6.07) is 7.56. The molecule has 1 aliphatic rings. The van der Waals surface area contributed by atoms with Gasteiger partial charge in [0.05, 0.1) is 24.5 Å². The number of fused-ring (bicyclic) bond motifs is 1. The Morgan fingerprint density at radius 1 is 1.21 bits per heavy atom. The topological polar surface area (TPSA) is 74.3 Å². The van der Waals surface area contributed by atoms with E-state index in [2.05, 4.69) is 17.2 Å². The lowest BCUT2D eigenvalue weighted by Gasteiger charge is -2.07. The lowest BCUT2D eigenvalue weighted by Crippen LogP contribution is -2.03. The van der Waals surface area contributed by atoms with Crippen molar-refractivity contribution in [2.45, 2.75) is 52.6 Å². The first kappa shape index (κ1) is 22.5. The fraction of sp³-hybridized carbons (Fsp3) is 0.375. The van der Waals surface area contributed by atoms with Crippen LogP contribution in [0.5, 0.6) is 5.75 Å². The quantitative estimate of drug-likeness (QED) is 0.408. The smallest absolute Gasteiger partial charge is 0.256 e. The first-order valence-corrected chi connectivity index (χ1v) is 10.4. The highest BCUT2D eigenvalue weighted by molar-refractivity contribution is 6.35. The number of nitrogens with one attached hydrogen (secondary N) is 2. The number of carbonyl (C=O) groups is 1. The highest BCUT2D eigenvalue weighted by atomic mass is 16.5. The number of anilines is 1. The minimum Gasteiger partial charge on any atom is -0.495 e. The molecule has 29 heavy (non-hydrogen) atoms. The number of aliphatic hydroxyl groups excluding tert-OH is 1. The van der Waals surface area contributed by atoms with E-state index in [9.17, 15) is 9.90 Å². The Morgan fingerprint density at radius 2 is 2.00 bits per heavy atom. The molecule has 1 aromatic carbocycles. The number of rotatable bonds is 8. The second-order valence-electron chi connectivity index (χ2n) is 6.66. The van der Waals surface area contributed by atoms with Crippen molar-refractivity contribution in [1.29, 1.82) is 0 Å². The molecule has 5 heteroatoms. The van der Waals surface area contributed by atoms with E-state index >= 15 is 0 Å². The summed E-state index contributed by atoms with van der Waals surface area (Å²) in [7, 11) is 1.60. The minimum atomic E-state index is -0.478. The van der Waals surface area contributed by atoms with Crippen LogP contribution in [0.15, 0.2) is 36.5 Å². The van der Waals surface area contributed by atoms with Crippen LogP contribution in [-0.2, 0) is 4.79 Å². The van der Waals surface area contributed by atoms with Gasteiger partial charge in [0.2, 0.25) is 0 Å². The van der Waals surface area contributed by atoms with E-state index in [0.29, 0.717) is 11.3 Å². The number of aliphatic hydroxyl groups is 1. The number of unbranched alkanes of at least 4 members (excludes halogenated alkanes) is 2. The Labute approximate surface area is 173 Å². The molecule has 0 aliphatic carbocycles. The van der Waals surface area contributed by atoms with Gasteiger partial charge in [-0.15, -0.1) is 0 Å². The summed E-state index contributed by atoms with van der Waals surface area (Å²) in [5.41, 5.74) is 3.84. The van der Waals surface area contributed by atoms with Crippen molar-refractivity contribution in [3.05, 3.63) is 53.4 Å². The van der Waals surface area contributed by atoms with E-state index < -0.39 is 6.10 Å². The zero-order valence-electron chi connectivity index (χ0n) is 17.8. The van der Waals surface area contributed by atoms with Gasteiger partial charge < -0.3 is 20.1 Å². The van der Waals surface area contributed by atoms with E-state index in [1.807, 2.05) is 44.2 Å². The van der Waals surface area contributed by atoms with Gasteiger partial charge in [-0.1, -0.05) is 64.3 Å². The number of aromatic amines is 1. The van der Waals surface area contributed by atoms with Crippen molar-refractivity contribution in [2.75, 3.05) is 12.4 Å². The number of amides is 1. The maximum Gasteiger partial charge on any atom is 0.256 e. The average Bonchev–Trinajstić information content (AvgIpc) is 3.32. The SMILES string of the molecule is CC.CCCCCC(O)C=Cc1cccc2c1/C(=C/c1[nH]ccc1OC)C(=O)N2. The average molecular weight is 397 g/mol. The van der Waals surface area contributed by atoms with Crippen LogP contribution in [-0.4, -0.2) is 29.2 Å². The monoisotopic (exact) mass is 396 g/mol. The van der Waals surface area contributed by atoms with Crippen molar-refractivity contribution < 1.29 is 14.6 Å². The normalized spacial score (nSPS) is 15.1. The maximum atomic E-state index is 12.5. The molecule has 3 rings (SSSR count). The number of hydrogen-bond donors (Lipinski definition) is 3. The third kappa shape index (κ3) is 5.61.